The Morgan fingerprint density at radius 2 is 1.88 bits per heavy atom. The zero-order valence-electron chi connectivity index (χ0n) is 13.1. The van der Waals surface area contributed by atoms with Crippen LogP contribution in [-0.2, 0) is 4.79 Å². The summed E-state index contributed by atoms with van der Waals surface area (Å²) in [5.41, 5.74) is 7.81. The van der Waals surface area contributed by atoms with Gasteiger partial charge in [-0.05, 0) is 36.4 Å². The van der Waals surface area contributed by atoms with Crippen molar-refractivity contribution in [1.82, 2.24) is 0 Å². The summed E-state index contributed by atoms with van der Waals surface area (Å²) >= 11 is 1.53. The number of para-hydroxylation sites is 1. The molecule has 0 aliphatic carbocycles. The van der Waals surface area contributed by atoms with E-state index < -0.39 is 5.91 Å². The lowest BCUT2D eigenvalue weighted by atomic mass is 10.2. The molecule has 0 spiro atoms. The number of thioether (sulfide) groups is 1. The summed E-state index contributed by atoms with van der Waals surface area (Å²) in [6.07, 6.45) is 0.166. The molecule has 2 amide bonds. The molecule has 0 aromatic heterocycles. The van der Waals surface area contributed by atoms with Gasteiger partial charge in [-0.1, -0.05) is 23.9 Å². The fourth-order valence-electron chi connectivity index (χ4n) is 2.86. The minimum Gasteiger partial charge on any atom is -0.366 e. The first kappa shape index (κ1) is 15.5. The highest BCUT2D eigenvalue weighted by molar-refractivity contribution is 8.03. The second-order valence-electron chi connectivity index (χ2n) is 5.70. The van der Waals surface area contributed by atoms with E-state index in [4.69, 9.17) is 11.1 Å². The average Bonchev–Trinajstić information content (AvgIpc) is 3.15. The molecule has 0 saturated carbocycles. The van der Waals surface area contributed by atoms with Gasteiger partial charge in [0, 0.05) is 16.0 Å². The molecular formula is C18H14N4O2S. The Labute approximate surface area is 148 Å². The molecule has 124 valence electrons. The Balaban J connectivity index is 1.65. The van der Waals surface area contributed by atoms with Crippen LogP contribution in [-0.4, -0.2) is 17.6 Å². The average molecular weight is 350 g/mol. The van der Waals surface area contributed by atoms with Gasteiger partial charge in [-0.15, -0.1) is 0 Å². The highest BCUT2D eigenvalue weighted by atomic mass is 32.2. The van der Waals surface area contributed by atoms with Crippen molar-refractivity contribution in [3.8, 4) is 0 Å². The Hall–Kier alpha value is -3.06. The molecule has 2 aliphatic heterocycles. The molecule has 25 heavy (non-hydrogen) atoms. The predicted molar refractivity (Wildman–Crippen MR) is 97.7 cm³/mol. The number of benzene rings is 2. The molecule has 6 nitrogen and oxygen atoms in total. The van der Waals surface area contributed by atoms with Crippen molar-refractivity contribution in [2.24, 2.45) is 5.73 Å². The summed E-state index contributed by atoms with van der Waals surface area (Å²) in [6.45, 7) is 0. The zero-order chi connectivity index (χ0) is 17.6. The maximum Gasteiger partial charge on any atom is 0.248 e. The number of nitrogens with one attached hydrogen (secondary N) is 2. The van der Waals surface area contributed by atoms with Crippen molar-refractivity contribution in [2.45, 2.75) is 11.3 Å². The van der Waals surface area contributed by atoms with Gasteiger partial charge in [0.05, 0.1) is 22.8 Å². The van der Waals surface area contributed by atoms with Crippen LogP contribution in [0.25, 0.3) is 0 Å². The van der Waals surface area contributed by atoms with Crippen LogP contribution in [0.1, 0.15) is 16.8 Å². The number of fused-ring (bicyclic) bond motifs is 1. The summed E-state index contributed by atoms with van der Waals surface area (Å²) in [6, 6.07) is 14.2. The largest absolute Gasteiger partial charge is 0.366 e. The quantitative estimate of drug-likeness (QED) is 0.775. The Bertz CT molecular complexity index is 923. The Kier molecular flexibility index (Phi) is 3.58. The molecule has 0 radical (unpaired) electrons. The van der Waals surface area contributed by atoms with Gasteiger partial charge in [0.2, 0.25) is 11.8 Å². The first-order valence-corrected chi connectivity index (χ1v) is 8.45. The number of amidine groups is 1. The molecule has 2 aromatic carbocycles. The molecule has 0 unspecified atom stereocenters. The van der Waals surface area contributed by atoms with Crippen molar-refractivity contribution in [3.63, 3.8) is 0 Å². The van der Waals surface area contributed by atoms with Gasteiger partial charge in [0.15, 0.2) is 0 Å². The number of anilines is 2. The third kappa shape index (κ3) is 2.58. The molecule has 2 aromatic rings. The van der Waals surface area contributed by atoms with Crippen LogP contribution in [0, 0.1) is 5.41 Å². The third-order valence-electron chi connectivity index (χ3n) is 4.12. The molecule has 2 heterocycles. The van der Waals surface area contributed by atoms with E-state index in [-0.39, 0.29) is 18.2 Å². The van der Waals surface area contributed by atoms with Crippen LogP contribution in [0.4, 0.5) is 11.4 Å². The number of carbonyl (C=O) groups excluding carboxylic acids is 2. The summed E-state index contributed by atoms with van der Waals surface area (Å²) in [5.74, 6) is -0.543. The van der Waals surface area contributed by atoms with Crippen molar-refractivity contribution in [1.29, 1.82) is 5.41 Å². The van der Waals surface area contributed by atoms with Crippen LogP contribution in [0.2, 0.25) is 0 Å². The summed E-state index contributed by atoms with van der Waals surface area (Å²) in [4.78, 5) is 26.1. The van der Waals surface area contributed by atoms with E-state index in [1.54, 1.807) is 24.3 Å². The first-order valence-electron chi connectivity index (χ1n) is 7.63. The lowest BCUT2D eigenvalue weighted by Gasteiger charge is -2.16. The van der Waals surface area contributed by atoms with Crippen LogP contribution in [0.15, 0.2) is 64.0 Å². The smallest absolute Gasteiger partial charge is 0.248 e. The van der Waals surface area contributed by atoms with Crippen molar-refractivity contribution in [2.75, 3.05) is 10.2 Å². The van der Waals surface area contributed by atoms with E-state index in [1.165, 1.54) is 16.7 Å². The van der Waals surface area contributed by atoms with Crippen molar-refractivity contribution >= 4 is 40.8 Å². The van der Waals surface area contributed by atoms with Gasteiger partial charge in [0.25, 0.3) is 0 Å². The maximum atomic E-state index is 12.5. The highest BCUT2D eigenvalue weighted by Gasteiger charge is 2.35. The molecule has 4 rings (SSSR count). The first-order chi connectivity index (χ1) is 12.0. The molecule has 1 fully saturated rings. The van der Waals surface area contributed by atoms with Gasteiger partial charge >= 0.3 is 0 Å². The number of nitrogens with zero attached hydrogens (tertiary/aromatic N) is 1. The van der Waals surface area contributed by atoms with Crippen LogP contribution in [0.3, 0.4) is 0 Å². The van der Waals surface area contributed by atoms with Crippen LogP contribution >= 0.6 is 11.8 Å². The standard InChI is InChI=1S/C18H14N4O2S/c19-16-12(18-21-13-3-1-2-4-14(13)25-18)9-15(23)22(16)11-7-5-10(6-8-11)17(20)24/h1-8,19,21H,9H2,(H2,20,24)/b18-12+,19-16?. The predicted octanol–water partition coefficient (Wildman–Crippen LogP) is 2.93. The molecule has 0 bridgehead atoms. The minimum atomic E-state index is -0.526. The van der Waals surface area contributed by atoms with Crippen LogP contribution < -0.4 is 16.0 Å². The number of rotatable bonds is 2. The number of hydrogen-bond acceptors (Lipinski definition) is 5. The van der Waals surface area contributed by atoms with Gasteiger partial charge in [-0.2, -0.15) is 0 Å². The molecular weight excluding hydrogens is 336 g/mol. The SMILES string of the molecule is N=C1/C(=C2\Nc3ccccc3S2)CC(=O)N1c1ccc(C(N)=O)cc1. The number of hydrogen-bond donors (Lipinski definition) is 3. The molecule has 4 N–H and O–H groups in total. The zero-order valence-corrected chi connectivity index (χ0v) is 13.9. The normalized spacial score (nSPS) is 19.1. The van der Waals surface area contributed by atoms with E-state index in [0.717, 1.165) is 15.6 Å². The number of nitrogens with two attached hydrogens (primary N) is 1. The van der Waals surface area contributed by atoms with E-state index in [1.807, 2.05) is 24.3 Å². The van der Waals surface area contributed by atoms with Gasteiger partial charge in [0.1, 0.15) is 5.84 Å². The molecule has 1 saturated heterocycles. The second kappa shape index (κ2) is 5.78. The van der Waals surface area contributed by atoms with Gasteiger partial charge in [-0.25, -0.2) is 0 Å². The lowest BCUT2D eigenvalue weighted by Crippen LogP contribution is -2.28. The van der Waals surface area contributed by atoms with E-state index >= 15 is 0 Å². The Morgan fingerprint density at radius 1 is 1.16 bits per heavy atom. The summed E-state index contributed by atoms with van der Waals surface area (Å²) in [7, 11) is 0. The Morgan fingerprint density at radius 3 is 2.56 bits per heavy atom. The lowest BCUT2D eigenvalue weighted by molar-refractivity contribution is -0.116. The van der Waals surface area contributed by atoms with E-state index in [9.17, 15) is 9.59 Å². The van der Waals surface area contributed by atoms with Crippen molar-refractivity contribution in [3.05, 3.63) is 64.7 Å². The monoisotopic (exact) mass is 350 g/mol. The molecule has 0 atom stereocenters. The van der Waals surface area contributed by atoms with Crippen LogP contribution in [0.5, 0.6) is 0 Å². The molecule has 2 aliphatic rings. The summed E-state index contributed by atoms with van der Waals surface area (Å²) < 4.78 is 0. The van der Waals surface area contributed by atoms with Crippen molar-refractivity contribution < 1.29 is 9.59 Å². The van der Waals surface area contributed by atoms with E-state index in [0.29, 0.717) is 16.8 Å². The maximum absolute atomic E-state index is 12.5. The topological polar surface area (TPSA) is 99.3 Å². The minimum absolute atomic E-state index is 0.152. The highest BCUT2D eigenvalue weighted by Crippen LogP contribution is 2.44. The third-order valence-corrected chi connectivity index (χ3v) is 5.25. The molecule has 7 heteroatoms. The summed E-state index contributed by atoms with van der Waals surface area (Å²) in [5, 5.41) is 12.5. The fourth-order valence-corrected chi connectivity index (χ4v) is 3.91. The number of carbonyl (C=O) groups is 2. The van der Waals surface area contributed by atoms with Gasteiger partial charge in [-0.3, -0.25) is 19.9 Å². The van der Waals surface area contributed by atoms with E-state index in [2.05, 4.69) is 5.32 Å². The fraction of sp³-hybridized carbons (Fsp3) is 0.0556. The second-order valence-corrected chi connectivity index (χ2v) is 6.75. The van der Waals surface area contributed by atoms with Gasteiger partial charge < -0.3 is 11.1 Å². The number of primary amides is 1. The number of amides is 2.